The Hall–Kier alpha value is -0.860. The van der Waals surface area contributed by atoms with E-state index < -0.39 is 5.60 Å². The second-order valence-corrected chi connectivity index (χ2v) is 3.53. The number of hydrogen-bond donors (Lipinski definition) is 2. The molecule has 2 nitrogen and oxygen atoms in total. The van der Waals surface area contributed by atoms with Crippen molar-refractivity contribution < 1.29 is 5.11 Å². The van der Waals surface area contributed by atoms with Gasteiger partial charge in [-0.05, 0) is 31.9 Å². The van der Waals surface area contributed by atoms with Gasteiger partial charge in [0.05, 0.1) is 5.60 Å². The van der Waals surface area contributed by atoms with Gasteiger partial charge in [0, 0.05) is 0 Å². The largest absolute Gasteiger partial charge is 0.385 e. The molecular formula is C11H17NO. The van der Waals surface area contributed by atoms with E-state index in [9.17, 15) is 5.11 Å². The summed E-state index contributed by atoms with van der Waals surface area (Å²) >= 11 is 0. The molecule has 1 atom stereocenters. The minimum Gasteiger partial charge on any atom is -0.385 e. The SMILES string of the molecule is CC(O)(CCCN)c1ccccc1. The number of hydrogen-bond acceptors (Lipinski definition) is 2. The van der Waals surface area contributed by atoms with Gasteiger partial charge in [-0.2, -0.15) is 0 Å². The first-order chi connectivity index (χ1) is 6.17. The fourth-order valence-corrected chi connectivity index (χ4v) is 1.39. The Morgan fingerprint density at radius 3 is 2.46 bits per heavy atom. The number of benzene rings is 1. The van der Waals surface area contributed by atoms with Crippen molar-refractivity contribution in [2.75, 3.05) is 6.54 Å². The van der Waals surface area contributed by atoms with E-state index in [2.05, 4.69) is 0 Å². The van der Waals surface area contributed by atoms with Gasteiger partial charge in [0.2, 0.25) is 0 Å². The minimum absolute atomic E-state index is 0.628. The van der Waals surface area contributed by atoms with Crippen molar-refractivity contribution in [3.05, 3.63) is 35.9 Å². The van der Waals surface area contributed by atoms with Crippen molar-refractivity contribution in [1.29, 1.82) is 0 Å². The zero-order valence-electron chi connectivity index (χ0n) is 8.03. The minimum atomic E-state index is -0.735. The molecule has 0 saturated heterocycles. The van der Waals surface area contributed by atoms with Crippen LogP contribution < -0.4 is 5.73 Å². The van der Waals surface area contributed by atoms with Crippen molar-refractivity contribution in [2.45, 2.75) is 25.4 Å². The highest BCUT2D eigenvalue weighted by Gasteiger charge is 2.21. The van der Waals surface area contributed by atoms with E-state index in [0.29, 0.717) is 13.0 Å². The summed E-state index contributed by atoms with van der Waals surface area (Å²) in [6.45, 7) is 2.46. The van der Waals surface area contributed by atoms with Crippen LogP contribution in [0.2, 0.25) is 0 Å². The Morgan fingerprint density at radius 2 is 1.92 bits per heavy atom. The first kappa shape index (κ1) is 10.2. The van der Waals surface area contributed by atoms with Crippen LogP contribution in [0.3, 0.4) is 0 Å². The molecule has 0 heterocycles. The van der Waals surface area contributed by atoms with Crippen LogP contribution in [0.25, 0.3) is 0 Å². The summed E-state index contributed by atoms with van der Waals surface area (Å²) in [6, 6.07) is 9.70. The third-order valence-corrected chi connectivity index (χ3v) is 2.26. The first-order valence-electron chi connectivity index (χ1n) is 4.65. The summed E-state index contributed by atoms with van der Waals surface area (Å²) in [5.41, 5.74) is 5.63. The highest BCUT2D eigenvalue weighted by atomic mass is 16.3. The van der Waals surface area contributed by atoms with Gasteiger partial charge in [0.25, 0.3) is 0 Å². The van der Waals surface area contributed by atoms with Crippen molar-refractivity contribution >= 4 is 0 Å². The molecule has 3 N–H and O–H groups in total. The molecule has 0 bridgehead atoms. The van der Waals surface area contributed by atoms with E-state index in [4.69, 9.17) is 5.73 Å². The maximum absolute atomic E-state index is 10.1. The van der Waals surface area contributed by atoms with Gasteiger partial charge in [0.15, 0.2) is 0 Å². The topological polar surface area (TPSA) is 46.2 Å². The van der Waals surface area contributed by atoms with Gasteiger partial charge in [0.1, 0.15) is 0 Å². The van der Waals surface area contributed by atoms with Crippen molar-refractivity contribution in [3.63, 3.8) is 0 Å². The molecule has 0 aromatic heterocycles. The Morgan fingerprint density at radius 1 is 1.31 bits per heavy atom. The van der Waals surface area contributed by atoms with Crippen LogP contribution in [-0.2, 0) is 5.60 Å². The number of rotatable bonds is 4. The second kappa shape index (κ2) is 4.40. The monoisotopic (exact) mass is 179 g/mol. The molecule has 1 aromatic carbocycles. The average Bonchev–Trinajstić information content (AvgIpc) is 2.16. The molecule has 0 aliphatic rings. The summed E-state index contributed by atoms with van der Waals surface area (Å²) in [5.74, 6) is 0. The third-order valence-electron chi connectivity index (χ3n) is 2.26. The normalized spacial score (nSPS) is 15.3. The standard InChI is InChI=1S/C11H17NO/c1-11(13,8-5-9-12)10-6-3-2-4-7-10/h2-4,6-7,13H,5,8-9,12H2,1H3. The van der Waals surface area contributed by atoms with Crippen LogP contribution in [0, 0.1) is 0 Å². The van der Waals surface area contributed by atoms with E-state index in [1.54, 1.807) is 0 Å². The molecule has 1 unspecified atom stereocenters. The smallest absolute Gasteiger partial charge is 0.0869 e. The Labute approximate surface area is 79.4 Å². The van der Waals surface area contributed by atoms with Crippen molar-refractivity contribution in [2.24, 2.45) is 5.73 Å². The molecule has 1 aromatic rings. The number of aliphatic hydroxyl groups is 1. The third kappa shape index (κ3) is 2.83. The molecule has 0 amide bonds. The van der Waals surface area contributed by atoms with Crippen LogP contribution in [0.5, 0.6) is 0 Å². The summed E-state index contributed by atoms with van der Waals surface area (Å²) in [6.07, 6.45) is 1.56. The molecule has 0 saturated carbocycles. The molecule has 0 fully saturated rings. The maximum atomic E-state index is 10.1. The second-order valence-electron chi connectivity index (χ2n) is 3.53. The first-order valence-corrected chi connectivity index (χ1v) is 4.65. The van der Waals surface area contributed by atoms with Gasteiger partial charge in [-0.3, -0.25) is 0 Å². The Kier molecular flexibility index (Phi) is 3.46. The molecule has 0 aliphatic carbocycles. The molecule has 72 valence electrons. The van der Waals surface area contributed by atoms with Crippen LogP contribution in [0.15, 0.2) is 30.3 Å². The predicted molar refractivity (Wildman–Crippen MR) is 54.3 cm³/mol. The van der Waals surface area contributed by atoms with Gasteiger partial charge in [-0.15, -0.1) is 0 Å². The van der Waals surface area contributed by atoms with Gasteiger partial charge in [-0.1, -0.05) is 30.3 Å². The summed E-state index contributed by atoms with van der Waals surface area (Å²) in [4.78, 5) is 0. The zero-order valence-corrected chi connectivity index (χ0v) is 8.03. The lowest BCUT2D eigenvalue weighted by Crippen LogP contribution is -2.22. The Balaban J connectivity index is 2.69. The van der Waals surface area contributed by atoms with E-state index in [-0.39, 0.29) is 0 Å². The summed E-state index contributed by atoms with van der Waals surface area (Å²) < 4.78 is 0. The lowest BCUT2D eigenvalue weighted by Gasteiger charge is -2.23. The van der Waals surface area contributed by atoms with Crippen LogP contribution >= 0.6 is 0 Å². The summed E-state index contributed by atoms with van der Waals surface area (Å²) in [5, 5.41) is 10.1. The van der Waals surface area contributed by atoms with E-state index >= 15 is 0 Å². The molecule has 2 heteroatoms. The summed E-state index contributed by atoms with van der Waals surface area (Å²) in [7, 11) is 0. The van der Waals surface area contributed by atoms with Gasteiger partial charge < -0.3 is 10.8 Å². The zero-order chi connectivity index (χ0) is 9.73. The van der Waals surface area contributed by atoms with Crippen molar-refractivity contribution in [1.82, 2.24) is 0 Å². The molecule has 13 heavy (non-hydrogen) atoms. The fourth-order valence-electron chi connectivity index (χ4n) is 1.39. The molecule has 0 radical (unpaired) electrons. The average molecular weight is 179 g/mol. The maximum Gasteiger partial charge on any atom is 0.0869 e. The van der Waals surface area contributed by atoms with Crippen LogP contribution in [0.4, 0.5) is 0 Å². The predicted octanol–water partition coefficient (Wildman–Crippen LogP) is 1.63. The van der Waals surface area contributed by atoms with Crippen LogP contribution in [0.1, 0.15) is 25.3 Å². The van der Waals surface area contributed by atoms with Gasteiger partial charge in [-0.25, -0.2) is 0 Å². The molecule has 0 aliphatic heterocycles. The highest BCUT2D eigenvalue weighted by molar-refractivity contribution is 5.21. The lowest BCUT2D eigenvalue weighted by atomic mass is 9.91. The fraction of sp³-hybridized carbons (Fsp3) is 0.455. The van der Waals surface area contributed by atoms with Crippen LogP contribution in [-0.4, -0.2) is 11.7 Å². The quantitative estimate of drug-likeness (QED) is 0.738. The van der Waals surface area contributed by atoms with E-state index in [1.165, 1.54) is 0 Å². The Bertz CT molecular complexity index is 244. The van der Waals surface area contributed by atoms with Crippen molar-refractivity contribution in [3.8, 4) is 0 Å². The molecular weight excluding hydrogens is 162 g/mol. The van der Waals surface area contributed by atoms with Gasteiger partial charge >= 0.3 is 0 Å². The molecule has 1 rings (SSSR count). The lowest BCUT2D eigenvalue weighted by molar-refractivity contribution is 0.0462. The van der Waals surface area contributed by atoms with E-state index in [1.807, 2.05) is 37.3 Å². The van der Waals surface area contributed by atoms with E-state index in [0.717, 1.165) is 12.0 Å². The molecule has 0 spiro atoms. The number of nitrogens with two attached hydrogens (primary N) is 1. The highest BCUT2D eigenvalue weighted by Crippen LogP contribution is 2.24.